The van der Waals surface area contributed by atoms with Crippen LogP contribution < -0.4 is 10.6 Å². The van der Waals surface area contributed by atoms with Crippen LogP contribution >= 0.6 is 0 Å². The molecule has 21 N–H and O–H groups in total. The van der Waals surface area contributed by atoms with E-state index in [0.29, 0.717) is 0 Å². The molecule has 36 nitrogen and oxygen atoms in total. The molecule has 0 aromatic carbocycles. The van der Waals surface area contributed by atoms with Crippen molar-refractivity contribution in [3.8, 4) is 0 Å². The highest BCUT2D eigenvalue weighted by molar-refractivity contribution is 5.73. The summed E-state index contributed by atoms with van der Waals surface area (Å²) in [6.45, 7) is -0.587. The molecule has 35 atom stereocenters. The molecule has 0 aromatic heterocycles. The van der Waals surface area contributed by atoms with Gasteiger partial charge in [-0.1, -0.05) is 0 Å². The summed E-state index contributed by atoms with van der Waals surface area (Å²) in [6, 6.07) is -3.66. The standard InChI is InChI=1S/C46H78N2O34/c1-10-21(56)27(62)30(65)43(70-10)79-36-20(48-13(4)55)42(76-18(9-53)35(36)78-46-39(29(64)23(58)14(5-49)74-46)82-44-31(66)28(63)22(57)11(2)71-44)81-38-25(60)16(7-51)73-45(33(38)68)77-34-17(8-52)75-41(19(26(34)61)47-12(3)54)80-37-24(59)15(6-50)72-40(69)32(37)67/h10-11,14-46,49-53,56-69H,5-9H2,1-4H3,(H,47,54)(H,48,55)/t10-,11-,14+,15+,16+,17+,18+,19+,20+,21+,22+,23-,24+,25-,26+,27+,28+,29-,30-,31-,32+,33+,34+,35+,36+,37-,38-,39+,40-,41-,42-,43-,44-,45-,46-/m0/s1. The average Bonchev–Trinajstić information content (AvgIpc) is 3.65. The Labute approximate surface area is 465 Å². The van der Waals surface area contributed by atoms with Crippen molar-refractivity contribution in [2.24, 2.45) is 0 Å². The molecule has 0 unspecified atom stereocenters. The fourth-order valence-electron chi connectivity index (χ4n) is 10.7. The molecule has 7 rings (SSSR count). The number of carbonyl (C=O) groups is 2. The van der Waals surface area contributed by atoms with Crippen molar-refractivity contribution >= 4 is 11.8 Å². The lowest BCUT2D eigenvalue weighted by molar-refractivity contribution is -0.401. The Kier molecular flexibility index (Phi) is 23.5. The highest BCUT2D eigenvalue weighted by atomic mass is 16.8. The SMILES string of the molecule is CC(=O)N[C@H]1[C@H](O[C@@H]2[C@@H](O)[C@@H](O)O[C@H](CO)[C@H]2O)O[C@H](CO)[C@@H](O[C@@H]2O[C@H](CO)[C@H](O)[C@H](O[C@@H]3O[C@H](CO)[C@@H](O[C@@H]4O[C@H](CO)[C@H](O)[C@H](O)[C@H]4O[C@@H]4O[C@@H](C)[C@@H](O)[C@@H](O)[C@@H]4O)[C@H](O[C@@H]4O[C@@H](C)[C@@H](O)[C@@H](O)[C@@H]4O)[C@H]3NC(C)=O)[C@H]2O)[C@@H]1O. The number of rotatable bonds is 19. The fraction of sp³-hybridized carbons (Fsp3) is 0.957. The van der Waals surface area contributed by atoms with Gasteiger partial charge in [-0.05, 0) is 13.8 Å². The van der Waals surface area contributed by atoms with E-state index in [1.54, 1.807) is 0 Å². The zero-order chi connectivity index (χ0) is 60.5. The van der Waals surface area contributed by atoms with E-state index in [2.05, 4.69) is 10.6 Å². The molecule has 82 heavy (non-hydrogen) atoms. The predicted molar refractivity (Wildman–Crippen MR) is 252 cm³/mol. The van der Waals surface area contributed by atoms with Crippen LogP contribution in [-0.2, 0) is 71.2 Å². The molecule has 476 valence electrons. The molecule has 0 aromatic rings. The fourth-order valence-corrected chi connectivity index (χ4v) is 10.7. The van der Waals surface area contributed by atoms with Crippen molar-refractivity contribution in [2.75, 3.05) is 33.0 Å². The van der Waals surface area contributed by atoms with Crippen LogP contribution in [0.4, 0.5) is 0 Å². The first-order valence-corrected chi connectivity index (χ1v) is 26.3. The topological polar surface area (TPSA) is 563 Å². The smallest absolute Gasteiger partial charge is 0.217 e. The molecule has 0 spiro atoms. The summed E-state index contributed by atoms with van der Waals surface area (Å²) in [5, 5.41) is 211. The van der Waals surface area contributed by atoms with Gasteiger partial charge in [0.1, 0.15) is 159 Å². The van der Waals surface area contributed by atoms with Gasteiger partial charge >= 0.3 is 0 Å². The van der Waals surface area contributed by atoms with Gasteiger partial charge in [0, 0.05) is 13.8 Å². The van der Waals surface area contributed by atoms with Crippen LogP contribution in [-0.4, -0.2) is 357 Å². The van der Waals surface area contributed by atoms with E-state index in [9.17, 15) is 107 Å². The molecular formula is C46H78N2O34. The van der Waals surface area contributed by atoms with Gasteiger partial charge in [0.15, 0.2) is 44.0 Å². The summed E-state index contributed by atoms with van der Waals surface area (Å²) in [5.41, 5.74) is 0. The number of aliphatic hydroxyl groups excluding tert-OH is 19. The van der Waals surface area contributed by atoms with Crippen molar-refractivity contribution in [1.82, 2.24) is 10.6 Å². The second-order valence-corrected chi connectivity index (χ2v) is 21.0. The number of hydrogen-bond donors (Lipinski definition) is 21. The number of amides is 2. The maximum atomic E-state index is 13.2. The van der Waals surface area contributed by atoms with Crippen molar-refractivity contribution in [1.29, 1.82) is 0 Å². The minimum Gasteiger partial charge on any atom is -0.394 e. The Morgan fingerprint density at radius 3 is 1.18 bits per heavy atom. The number of nitrogens with one attached hydrogen (secondary N) is 2. The second kappa shape index (κ2) is 28.7. The highest BCUT2D eigenvalue weighted by Crippen LogP contribution is 2.39. The maximum Gasteiger partial charge on any atom is 0.217 e. The third kappa shape index (κ3) is 14.1. The lowest BCUT2D eigenvalue weighted by atomic mass is 9.93. The van der Waals surface area contributed by atoms with Gasteiger partial charge in [0.05, 0.1) is 45.2 Å². The maximum absolute atomic E-state index is 13.2. The molecule has 0 saturated carbocycles. The molecule has 0 radical (unpaired) electrons. The molecule has 7 fully saturated rings. The van der Waals surface area contributed by atoms with Gasteiger partial charge in [-0.2, -0.15) is 0 Å². The predicted octanol–water partition coefficient (Wildman–Crippen LogP) is -13.9. The van der Waals surface area contributed by atoms with Gasteiger partial charge < -0.3 is 169 Å². The first-order valence-electron chi connectivity index (χ1n) is 26.3. The molecule has 7 aliphatic heterocycles. The van der Waals surface area contributed by atoms with Gasteiger partial charge in [0.2, 0.25) is 11.8 Å². The summed E-state index contributed by atoms with van der Waals surface area (Å²) in [6.07, 6.45) is -62.9. The number of aliphatic hydroxyl groups is 19. The van der Waals surface area contributed by atoms with Gasteiger partial charge in [-0.25, -0.2) is 0 Å². The quantitative estimate of drug-likeness (QED) is 0.0571. The summed E-state index contributed by atoms with van der Waals surface area (Å²) >= 11 is 0. The van der Waals surface area contributed by atoms with E-state index in [-0.39, 0.29) is 0 Å². The van der Waals surface area contributed by atoms with Crippen LogP contribution in [0, 0.1) is 0 Å². The second-order valence-electron chi connectivity index (χ2n) is 21.0. The van der Waals surface area contributed by atoms with Crippen LogP contribution in [0.15, 0.2) is 0 Å². The Hall–Kier alpha value is -2.34. The molecule has 0 aliphatic carbocycles. The zero-order valence-corrected chi connectivity index (χ0v) is 44.4. The van der Waals surface area contributed by atoms with E-state index in [1.165, 1.54) is 13.8 Å². The van der Waals surface area contributed by atoms with Crippen molar-refractivity contribution in [3.05, 3.63) is 0 Å². The largest absolute Gasteiger partial charge is 0.394 e. The van der Waals surface area contributed by atoms with Gasteiger partial charge in [0.25, 0.3) is 0 Å². The molecule has 7 aliphatic rings. The van der Waals surface area contributed by atoms with Crippen LogP contribution in [0.1, 0.15) is 27.7 Å². The lowest BCUT2D eigenvalue weighted by Gasteiger charge is -2.52. The van der Waals surface area contributed by atoms with E-state index >= 15 is 0 Å². The van der Waals surface area contributed by atoms with E-state index in [4.69, 9.17) is 61.6 Å². The van der Waals surface area contributed by atoms with Gasteiger partial charge in [-0.15, -0.1) is 0 Å². The summed E-state index contributed by atoms with van der Waals surface area (Å²) in [7, 11) is 0. The Morgan fingerprint density at radius 2 is 0.683 bits per heavy atom. The molecule has 7 heterocycles. The summed E-state index contributed by atoms with van der Waals surface area (Å²) in [5.74, 6) is -1.76. The highest BCUT2D eigenvalue weighted by Gasteiger charge is 2.60. The summed E-state index contributed by atoms with van der Waals surface area (Å²) < 4.78 is 76.2. The molecular weight excluding hydrogens is 1120 g/mol. The zero-order valence-electron chi connectivity index (χ0n) is 44.4. The number of hydrogen-bond acceptors (Lipinski definition) is 34. The Morgan fingerprint density at radius 1 is 0.317 bits per heavy atom. The third-order valence-corrected chi connectivity index (χ3v) is 15.3. The van der Waals surface area contributed by atoms with Crippen LogP contribution in [0.5, 0.6) is 0 Å². The van der Waals surface area contributed by atoms with Crippen molar-refractivity contribution in [2.45, 2.75) is 243 Å². The minimum atomic E-state index is -2.30. The normalized spacial score (nSPS) is 51.3. The molecule has 0 bridgehead atoms. The monoisotopic (exact) mass is 1200 g/mol. The van der Waals surface area contributed by atoms with Crippen molar-refractivity contribution < 1.29 is 168 Å². The Bertz CT molecular complexity index is 2030. The van der Waals surface area contributed by atoms with Gasteiger partial charge in [-0.3, -0.25) is 9.59 Å². The van der Waals surface area contributed by atoms with E-state index < -0.39 is 260 Å². The average molecular weight is 1200 g/mol. The lowest BCUT2D eigenvalue weighted by Crippen LogP contribution is -2.72. The Balaban J connectivity index is 1.21. The first-order chi connectivity index (χ1) is 38.7. The first kappa shape index (κ1) is 67.2. The molecule has 7 saturated heterocycles. The number of carbonyl (C=O) groups excluding carboxylic acids is 2. The molecule has 36 heteroatoms. The van der Waals surface area contributed by atoms with Crippen LogP contribution in [0.3, 0.4) is 0 Å². The van der Waals surface area contributed by atoms with Crippen molar-refractivity contribution in [3.63, 3.8) is 0 Å². The van der Waals surface area contributed by atoms with E-state index in [0.717, 1.165) is 13.8 Å². The van der Waals surface area contributed by atoms with Crippen LogP contribution in [0.25, 0.3) is 0 Å². The molecule has 2 amide bonds. The van der Waals surface area contributed by atoms with E-state index in [1.807, 2.05) is 0 Å². The minimum absolute atomic E-state index is 0.837. The third-order valence-electron chi connectivity index (χ3n) is 15.3. The number of ether oxygens (including phenoxy) is 13. The van der Waals surface area contributed by atoms with Crippen LogP contribution in [0.2, 0.25) is 0 Å². The summed E-state index contributed by atoms with van der Waals surface area (Å²) in [4.78, 5) is 25.8.